The Bertz CT molecular complexity index is 1060. The maximum Gasteiger partial charge on any atom is 0.264 e. The molecule has 0 spiro atoms. The van der Waals surface area contributed by atoms with Gasteiger partial charge in [0.05, 0.1) is 12.4 Å². The van der Waals surface area contributed by atoms with E-state index in [9.17, 15) is 19.2 Å². The number of rotatable bonds is 7. The minimum absolute atomic E-state index is 0.155. The molecule has 3 rings (SSSR count). The number of hydrogen-bond acceptors (Lipinski definition) is 5. The highest BCUT2D eigenvalue weighted by Gasteiger charge is 2.40. The molecule has 31 heavy (non-hydrogen) atoms. The lowest BCUT2D eigenvalue weighted by Gasteiger charge is -2.19. The molecule has 8 heteroatoms. The highest BCUT2D eigenvalue weighted by molar-refractivity contribution is 8.05. The first kappa shape index (κ1) is 22.1. The Morgan fingerprint density at radius 3 is 2.55 bits per heavy atom. The number of halogens is 1. The molecular formula is C23H20FN3O3S. The number of nitrogens with one attached hydrogen (secondary N) is 1. The summed E-state index contributed by atoms with van der Waals surface area (Å²) in [6.45, 7) is 3.74. The van der Waals surface area contributed by atoms with E-state index in [-0.39, 0.29) is 28.9 Å². The number of thioether (sulfide) groups is 1. The number of carbonyl (C=O) groups is 2. The number of methoxy groups -OCH3 is 1. The van der Waals surface area contributed by atoms with Crippen molar-refractivity contribution in [2.75, 3.05) is 18.6 Å². The van der Waals surface area contributed by atoms with Crippen molar-refractivity contribution in [1.29, 1.82) is 5.26 Å². The van der Waals surface area contributed by atoms with Gasteiger partial charge in [0.1, 0.15) is 28.2 Å². The Morgan fingerprint density at radius 1 is 1.29 bits per heavy atom. The lowest BCUT2D eigenvalue weighted by Crippen LogP contribution is -2.32. The molecular weight excluding hydrogens is 417 g/mol. The monoisotopic (exact) mass is 437 g/mol. The molecule has 0 saturated carbocycles. The van der Waals surface area contributed by atoms with Crippen molar-refractivity contribution in [2.45, 2.75) is 11.7 Å². The molecule has 1 unspecified atom stereocenters. The first-order chi connectivity index (χ1) is 15.0. The maximum atomic E-state index is 13.3. The molecule has 0 radical (unpaired) electrons. The minimum atomic E-state index is -0.585. The molecule has 1 heterocycles. The number of hydrogen-bond donors (Lipinski definition) is 1. The highest BCUT2D eigenvalue weighted by Crippen LogP contribution is 2.42. The van der Waals surface area contributed by atoms with Gasteiger partial charge in [0.15, 0.2) is 0 Å². The van der Waals surface area contributed by atoms with Crippen molar-refractivity contribution in [3.63, 3.8) is 0 Å². The molecule has 2 aromatic rings. The second-order valence-electron chi connectivity index (χ2n) is 6.60. The second kappa shape index (κ2) is 9.96. The molecule has 1 N–H and O–H groups in total. The molecule has 1 fully saturated rings. The fraction of sp³-hybridized carbons (Fsp3) is 0.174. The van der Waals surface area contributed by atoms with Crippen LogP contribution in [0.25, 0.3) is 0 Å². The summed E-state index contributed by atoms with van der Waals surface area (Å²) in [5, 5.41) is 12.0. The number of benzene rings is 2. The topological polar surface area (TPSA) is 82.4 Å². The minimum Gasteiger partial charge on any atom is -0.497 e. The average molecular weight is 437 g/mol. The van der Waals surface area contributed by atoms with Crippen LogP contribution in [0.5, 0.6) is 5.75 Å². The molecule has 158 valence electrons. The van der Waals surface area contributed by atoms with Gasteiger partial charge < -0.3 is 10.1 Å². The molecule has 2 amide bonds. The Morgan fingerprint density at radius 2 is 1.97 bits per heavy atom. The molecule has 1 atom stereocenters. The fourth-order valence-corrected chi connectivity index (χ4v) is 4.35. The van der Waals surface area contributed by atoms with E-state index in [0.29, 0.717) is 17.9 Å². The third-order valence-electron chi connectivity index (χ3n) is 4.58. The van der Waals surface area contributed by atoms with Crippen molar-refractivity contribution >= 4 is 29.3 Å². The molecule has 2 aromatic carbocycles. The highest BCUT2D eigenvalue weighted by atomic mass is 32.2. The third-order valence-corrected chi connectivity index (χ3v) is 5.84. The summed E-state index contributed by atoms with van der Waals surface area (Å²) in [5.74, 6) is -0.599. The Balaban J connectivity index is 2.01. The third kappa shape index (κ3) is 4.95. The molecule has 0 bridgehead atoms. The van der Waals surface area contributed by atoms with Crippen LogP contribution in [0.15, 0.2) is 71.8 Å². The van der Waals surface area contributed by atoms with Crippen molar-refractivity contribution < 1.29 is 18.7 Å². The zero-order valence-corrected chi connectivity index (χ0v) is 17.6. The fourth-order valence-electron chi connectivity index (χ4n) is 3.04. The van der Waals surface area contributed by atoms with E-state index >= 15 is 0 Å². The van der Waals surface area contributed by atoms with Crippen LogP contribution in [0.3, 0.4) is 0 Å². The van der Waals surface area contributed by atoms with Crippen LogP contribution in [0.1, 0.15) is 5.56 Å². The summed E-state index contributed by atoms with van der Waals surface area (Å²) in [7, 11) is 1.54. The number of nitrogens with zero attached hydrogens (tertiary/aromatic N) is 2. The SMILES string of the molecule is C=CCNC(=O)/C(C#N)=C1\SC(Cc2ccc(F)cc2)C(=O)N1c1ccc(OC)cc1. The Kier molecular flexibility index (Phi) is 7.11. The Hall–Kier alpha value is -3.57. The quantitative estimate of drug-likeness (QED) is 0.407. The van der Waals surface area contributed by atoms with Gasteiger partial charge in [0, 0.05) is 12.2 Å². The molecule has 1 aliphatic heterocycles. The largest absolute Gasteiger partial charge is 0.497 e. The van der Waals surface area contributed by atoms with Crippen LogP contribution < -0.4 is 15.0 Å². The summed E-state index contributed by atoms with van der Waals surface area (Å²) in [6, 6.07) is 14.6. The normalized spacial score (nSPS) is 17.1. The summed E-state index contributed by atoms with van der Waals surface area (Å²) in [5.41, 5.74) is 1.13. The predicted octanol–water partition coefficient (Wildman–Crippen LogP) is 3.56. The van der Waals surface area contributed by atoms with Crippen LogP contribution in [0.2, 0.25) is 0 Å². The summed E-state index contributed by atoms with van der Waals surface area (Å²) >= 11 is 1.15. The van der Waals surface area contributed by atoms with Gasteiger partial charge in [-0.1, -0.05) is 30.0 Å². The standard InChI is InChI=1S/C23H20FN3O3S/c1-3-12-26-21(28)19(14-25)23-27(17-8-10-18(30-2)11-9-17)22(29)20(31-23)13-15-4-6-16(24)7-5-15/h3-11,20H,1,12-13H2,2H3,(H,26,28)/b23-19-. The van der Waals surface area contributed by atoms with Gasteiger partial charge in [-0.2, -0.15) is 5.26 Å². The van der Waals surface area contributed by atoms with E-state index in [1.54, 1.807) is 36.4 Å². The van der Waals surface area contributed by atoms with Gasteiger partial charge in [-0.3, -0.25) is 14.5 Å². The molecule has 1 aliphatic rings. The second-order valence-corrected chi connectivity index (χ2v) is 7.79. The Labute approximate surface area is 184 Å². The van der Waals surface area contributed by atoms with Crippen LogP contribution in [-0.2, 0) is 16.0 Å². The smallest absolute Gasteiger partial charge is 0.264 e. The van der Waals surface area contributed by atoms with Gasteiger partial charge >= 0.3 is 0 Å². The lowest BCUT2D eigenvalue weighted by atomic mass is 10.1. The average Bonchev–Trinajstić information content (AvgIpc) is 3.10. The molecule has 1 saturated heterocycles. The number of amides is 2. The van der Waals surface area contributed by atoms with Crippen LogP contribution in [0, 0.1) is 17.1 Å². The summed E-state index contributed by atoms with van der Waals surface area (Å²) < 4.78 is 18.4. The van der Waals surface area contributed by atoms with Crippen molar-refractivity contribution in [3.8, 4) is 11.8 Å². The summed E-state index contributed by atoms with van der Waals surface area (Å²) in [4.78, 5) is 27.2. The predicted molar refractivity (Wildman–Crippen MR) is 118 cm³/mol. The molecule has 6 nitrogen and oxygen atoms in total. The van der Waals surface area contributed by atoms with Gasteiger partial charge in [-0.15, -0.1) is 6.58 Å². The van der Waals surface area contributed by atoms with Gasteiger partial charge in [-0.25, -0.2) is 4.39 Å². The number of carbonyl (C=O) groups excluding carboxylic acids is 2. The van der Waals surface area contributed by atoms with Gasteiger partial charge in [0.2, 0.25) is 5.91 Å². The number of ether oxygens (including phenoxy) is 1. The van der Waals surface area contributed by atoms with Crippen molar-refractivity contribution in [3.05, 3.63) is 83.2 Å². The van der Waals surface area contributed by atoms with E-state index in [2.05, 4.69) is 11.9 Å². The number of nitriles is 1. The van der Waals surface area contributed by atoms with Gasteiger partial charge in [0.25, 0.3) is 5.91 Å². The first-order valence-electron chi connectivity index (χ1n) is 9.41. The van der Waals surface area contributed by atoms with E-state index in [4.69, 9.17) is 4.74 Å². The number of anilines is 1. The van der Waals surface area contributed by atoms with E-state index in [1.165, 1.54) is 30.2 Å². The molecule has 0 aromatic heterocycles. The summed E-state index contributed by atoms with van der Waals surface area (Å²) in [6.07, 6.45) is 1.83. The van der Waals surface area contributed by atoms with Crippen LogP contribution in [-0.4, -0.2) is 30.7 Å². The van der Waals surface area contributed by atoms with Crippen LogP contribution in [0.4, 0.5) is 10.1 Å². The maximum absolute atomic E-state index is 13.3. The van der Waals surface area contributed by atoms with Crippen molar-refractivity contribution in [1.82, 2.24) is 5.32 Å². The zero-order chi connectivity index (χ0) is 22.4. The zero-order valence-electron chi connectivity index (χ0n) is 16.8. The van der Waals surface area contributed by atoms with E-state index in [0.717, 1.165) is 17.3 Å². The van der Waals surface area contributed by atoms with Crippen molar-refractivity contribution in [2.24, 2.45) is 0 Å². The van der Waals surface area contributed by atoms with E-state index < -0.39 is 11.2 Å². The van der Waals surface area contributed by atoms with Gasteiger partial charge in [-0.05, 0) is 48.4 Å². The van der Waals surface area contributed by atoms with E-state index in [1.807, 2.05) is 6.07 Å². The van der Waals surface area contributed by atoms with Crippen LogP contribution >= 0.6 is 11.8 Å². The first-order valence-corrected chi connectivity index (χ1v) is 10.3. The lowest BCUT2D eigenvalue weighted by molar-refractivity contribution is -0.117. The molecule has 0 aliphatic carbocycles.